The second-order valence-corrected chi connectivity index (χ2v) is 4.65. The van der Waals surface area contributed by atoms with Gasteiger partial charge in [-0.15, -0.1) is 0 Å². The Kier molecular flexibility index (Phi) is 4.47. The Balaban J connectivity index is 2.11. The highest BCUT2D eigenvalue weighted by molar-refractivity contribution is 5.53. The summed E-state index contributed by atoms with van der Waals surface area (Å²) in [6.45, 7) is 1.66. The lowest BCUT2D eigenvalue weighted by Gasteiger charge is -2.20. The molecule has 0 aliphatic carbocycles. The van der Waals surface area contributed by atoms with Crippen LogP contribution < -0.4 is 11.1 Å². The fraction of sp³-hybridized carbons (Fsp3) is 0.231. The standard InChI is InChI=1S/C13H14FN5O3/c1-7(11(20)8-2-4-9(14)5-3-8)17-13-16-6-10(19(21)22)12(15)18-13/h2-7,11,20H,1H3,(H3,15,16,17,18). The second kappa shape index (κ2) is 6.31. The van der Waals surface area contributed by atoms with E-state index < -0.39 is 28.6 Å². The number of hydrogen-bond donors (Lipinski definition) is 3. The van der Waals surface area contributed by atoms with Crippen molar-refractivity contribution in [2.75, 3.05) is 11.1 Å². The van der Waals surface area contributed by atoms with Crippen molar-refractivity contribution in [2.24, 2.45) is 0 Å². The van der Waals surface area contributed by atoms with E-state index in [0.717, 1.165) is 6.20 Å². The number of anilines is 2. The lowest BCUT2D eigenvalue weighted by Crippen LogP contribution is -2.25. The van der Waals surface area contributed by atoms with E-state index >= 15 is 0 Å². The molecule has 0 amide bonds. The first-order valence-electron chi connectivity index (χ1n) is 6.35. The number of nitrogens with one attached hydrogen (secondary N) is 1. The molecule has 1 aromatic carbocycles. The van der Waals surface area contributed by atoms with E-state index in [2.05, 4.69) is 15.3 Å². The van der Waals surface area contributed by atoms with Crippen LogP contribution in [0.4, 0.5) is 21.8 Å². The third-order valence-corrected chi connectivity index (χ3v) is 3.04. The van der Waals surface area contributed by atoms with Gasteiger partial charge in [0, 0.05) is 0 Å². The summed E-state index contributed by atoms with van der Waals surface area (Å²) in [6.07, 6.45) is 0.0439. The normalized spacial score (nSPS) is 13.4. The lowest BCUT2D eigenvalue weighted by atomic mass is 10.0. The number of aliphatic hydroxyl groups is 1. The molecular weight excluding hydrogens is 293 g/mol. The van der Waals surface area contributed by atoms with E-state index in [9.17, 15) is 19.6 Å². The van der Waals surface area contributed by atoms with E-state index in [-0.39, 0.29) is 11.8 Å². The largest absolute Gasteiger partial charge is 0.386 e. The van der Waals surface area contributed by atoms with Crippen LogP contribution in [0.1, 0.15) is 18.6 Å². The first-order chi connectivity index (χ1) is 10.4. The molecule has 0 saturated carbocycles. The van der Waals surface area contributed by atoms with Crippen molar-refractivity contribution in [2.45, 2.75) is 19.1 Å². The summed E-state index contributed by atoms with van der Waals surface area (Å²) in [5.74, 6) is -0.620. The molecule has 0 fully saturated rings. The van der Waals surface area contributed by atoms with Crippen molar-refractivity contribution < 1.29 is 14.4 Å². The third kappa shape index (κ3) is 3.44. The Morgan fingerprint density at radius 1 is 1.41 bits per heavy atom. The molecule has 2 atom stereocenters. The molecule has 2 aromatic rings. The van der Waals surface area contributed by atoms with Gasteiger partial charge in [-0.2, -0.15) is 4.98 Å². The molecule has 0 spiro atoms. The van der Waals surface area contributed by atoms with Crippen molar-refractivity contribution in [3.05, 3.63) is 52.0 Å². The molecule has 9 heteroatoms. The smallest absolute Gasteiger partial charge is 0.329 e. The van der Waals surface area contributed by atoms with E-state index in [1.165, 1.54) is 24.3 Å². The van der Waals surface area contributed by atoms with Gasteiger partial charge in [0.25, 0.3) is 0 Å². The molecule has 2 rings (SSSR count). The topological polar surface area (TPSA) is 127 Å². The van der Waals surface area contributed by atoms with E-state index in [1.54, 1.807) is 6.92 Å². The first-order valence-corrected chi connectivity index (χ1v) is 6.35. The van der Waals surface area contributed by atoms with Crippen LogP contribution in [0, 0.1) is 15.9 Å². The number of halogens is 1. The van der Waals surface area contributed by atoms with Crippen molar-refractivity contribution in [3.63, 3.8) is 0 Å². The maximum atomic E-state index is 12.9. The number of aromatic nitrogens is 2. The van der Waals surface area contributed by atoms with Crippen molar-refractivity contribution in [3.8, 4) is 0 Å². The zero-order valence-corrected chi connectivity index (χ0v) is 11.6. The summed E-state index contributed by atoms with van der Waals surface area (Å²) >= 11 is 0. The molecule has 0 bridgehead atoms. The number of nitrogens with zero attached hydrogens (tertiary/aromatic N) is 3. The van der Waals surface area contributed by atoms with E-state index in [4.69, 9.17) is 5.73 Å². The van der Waals surface area contributed by atoms with Crippen LogP contribution in [0.2, 0.25) is 0 Å². The minimum Gasteiger partial charge on any atom is -0.386 e. The second-order valence-electron chi connectivity index (χ2n) is 4.65. The third-order valence-electron chi connectivity index (χ3n) is 3.04. The zero-order chi connectivity index (χ0) is 16.3. The average Bonchev–Trinajstić information content (AvgIpc) is 2.47. The number of nitro groups is 1. The Hall–Kier alpha value is -2.81. The van der Waals surface area contributed by atoms with Gasteiger partial charge in [0.2, 0.25) is 11.8 Å². The average molecular weight is 307 g/mol. The number of hydrogen-bond acceptors (Lipinski definition) is 7. The summed E-state index contributed by atoms with van der Waals surface area (Å²) < 4.78 is 12.9. The van der Waals surface area contributed by atoms with Crippen LogP contribution in [0.15, 0.2) is 30.5 Å². The van der Waals surface area contributed by atoms with Crippen LogP contribution in [-0.2, 0) is 0 Å². The van der Waals surface area contributed by atoms with Gasteiger partial charge >= 0.3 is 5.69 Å². The summed E-state index contributed by atoms with van der Waals surface area (Å²) in [5.41, 5.74) is 5.58. The SMILES string of the molecule is CC(Nc1ncc([N+](=O)[O-])c(N)n1)C(O)c1ccc(F)cc1. The quantitative estimate of drug-likeness (QED) is 0.566. The van der Waals surface area contributed by atoms with Crippen molar-refractivity contribution >= 4 is 17.5 Å². The first kappa shape index (κ1) is 15.6. The van der Waals surface area contributed by atoms with Crippen LogP contribution >= 0.6 is 0 Å². The summed E-state index contributed by atoms with van der Waals surface area (Å²) in [7, 11) is 0. The fourth-order valence-corrected chi connectivity index (χ4v) is 1.83. The van der Waals surface area contributed by atoms with Crippen LogP contribution in [-0.4, -0.2) is 26.0 Å². The molecule has 8 nitrogen and oxygen atoms in total. The predicted octanol–water partition coefficient (Wildman–Crippen LogP) is 1.64. The maximum Gasteiger partial charge on any atom is 0.329 e. The fourth-order valence-electron chi connectivity index (χ4n) is 1.83. The monoisotopic (exact) mass is 307 g/mol. The van der Waals surface area contributed by atoms with E-state index in [1.807, 2.05) is 0 Å². The van der Waals surface area contributed by atoms with Gasteiger partial charge in [0.15, 0.2) is 0 Å². The maximum absolute atomic E-state index is 12.9. The number of nitrogens with two attached hydrogens (primary N) is 1. The molecular formula is C13H14FN5O3. The summed E-state index contributed by atoms with van der Waals surface area (Å²) in [5, 5.41) is 23.6. The molecule has 0 aliphatic rings. The Morgan fingerprint density at radius 3 is 2.59 bits per heavy atom. The molecule has 22 heavy (non-hydrogen) atoms. The van der Waals surface area contributed by atoms with Crippen molar-refractivity contribution in [1.29, 1.82) is 0 Å². The molecule has 1 aromatic heterocycles. The Labute approximate surface area is 125 Å². The molecule has 0 aliphatic heterocycles. The lowest BCUT2D eigenvalue weighted by molar-refractivity contribution is -0.384. The molecule has 0 saturated heterocycles. The van der Waals surface area contributed by atoms with Crippen LogP contribution in [0.5, 0.6) is 0 Å². The minimum absolute atomic E-state index is 0.0526. The van der Waals surface area contributed by atoms with Gasteiger partial charge in [-0.3, -0.25) is 10.1 Å². The number of nitrogen functional groups attached to an aromatic ring is 1. The number of benzene rings is 1. The zero-order valence-electron chi connectivity index (χ0n) is 11.6. The summed E-state index contributed by atoms with van der Waals surface area (Å²) in [4.78, 5) is 17.5. The summed E-state index contributed by atoms with van der Waals surface area (Å²) in [6, 6.07) is 4.88. The van der Waals surface area contributed by atoms with Gasteiger partial charge in [0.05, 0.1) is 17.1 Å². The van der Waals surface area contributed by atoms with Gasteiger partial charge in [-0.25, -0.2) is 9.37 Å². The highest BCUT2D eigenvalue weighted by atomic mass is 19.1. The highest BCUT2D eigenvalue weighted by Gasteiger charge is 2.19. The molecule has 1 heterocycles. The van der Waals surface area contributed by atoms with Crippen molar-refractivity contribution in [1.82, 2.24) is 9.97 Å². The van der Waals surface area contributed by atoms with Gasteiger partial charge in [0.1, 0.15) is 12.0 Å². The predicted molar refractivity (Wildman–Crippen MR) is 77.5 cm³/mol. The van der Waals surface area contributed by atoms with Crippen LogP contribution in [0.3, 0.4) is 0 Å². The highest BCUT2D eigenvalue weighted by Crippen LogP contribution is 2.22. The van der Waals surface area contributed by atoms with Gasteiger partial charge < -0.3 is 16.2 Å². The Bertz CT molecular complexity index is 680. The molecule has 0 radical (unpaired) electrons. The van der Waals surface area contributed by atoms with Crippen LogP contribution in [0.25, 0.3) is 0 Å². The minimum atomic E-state index is -0.944. The van der Waals surface area contributed by atoms with E-state index in [0.29, 0.717) is 5.56 Å². The number of aliphatic hydroxyl groups excluding tert-OH is 1. The van der Waals surface area contributed by atoms with Gasteiger partial charge in [-0.1, -0.05) is 12.1 Å². The number of rotatable bonds is 5. The Morgan fingerprint density at radius 2 is 2.05 bits per heavy atom. The van der Waals surface area contributed by atoms with Gasteiger partial charge in [-0.05, 0) is 24.6 Å². The molecule has 2 unspecified atom stereocenters. The molecule has 116 valence electrons. The molecule has 4 N–H and O–H groups in total.